The minimum absolute atomic E-state index is 0.150. The van der Waals surface area contributed by atoms with Crippen LogP contribution in [0.1, 0.15) is 38.8 Å². The van der Waals surface area contributed by atoms with Crippen molar-refractivity contribution in [2.45, 2.75) is 38.5 Å². The van der Waals surface area contributed by atoms with Crippen LogP contribution >= 0.6 is 0 Å². The quantitative estimate of drug-likeness (QED) is 0.807. The van der Waals surface area contributed by atoms with Gasteiger partial charge in [-0.15, -0.1) is 0 Å². The normalized spacial score (nSPS) is 11.3. The molecule has 0 saturated heterocycles. The van der Waals surface area contributed by atoms with E-state index in [1.807, 2.05) is 32.0 Å². The highest BCUT2D eigenvalue weighted by molar-refractivity contribution is 5.68. The van der Waals surface area contributed by atoms with Crippen molar-refractivity contribution in [2.75, 3.05) is 0 Å². The molecule has 0 bridgehead atoms. The van der Waals surface area contributed by atoms with Gasteiger partial charge in [0, 0.05) is 17.3 Å². The number of aromatic nitrogens is 1. The van der Waals surface area contributed by atoms with E-state index in [1.165, 1.54) is 0 Å². The van der Waals surface area contributed by atoms with E-state index in [2.05, 4.69) is 4.98 Å². The Morgan fingerprint density at radius 2 is 2.07 bits per heavy atom. The van der Waals surface area contributed by atoms with Gasteiger partial charge in [-0.25, -0.2) is 0 Å². The van der Waals surface area contributed by atoms with Crippen LogP contribution in [0.2, 0.25) is 0 Å². The monoisotopic (exact) mass is 207 g/mol. The first-order valence-corrected chi connectivity index (χ1v) is 5.28. The second kappa shape index (κ2) is 4.91. The van der Waals surface area contributed by atoms with Gasteiger partial charge in [-0.1, -0.05) is 19.9 Å². The van der Waals surface area contributed by atoms with Crippen LogP contribution in [0.25, 0.3) is 0 Å². The molecule has 0 radical (unpaired) electrons. The molecule has 3 nitrogen and oxygen atoms in total. The molecule has 1 aromatic heterocycles. The first-order valence-electron chi connectivity index (χ1n) is 5.28. The summed E-state index contributed by atoms with van der Waals surface area (Å²) in [5.41, 5.74) is 0.574. The number of carboxylic acid groups (broad SMARTS) is 1. The molecule has 0 unspecified atom stereocenters. The van der Waals surface area contributed by atoms with Gasteiger partial charge < -0.3 is 5.11 Å². The van der Waals surface area contributed by atoms with E-state index < -0.39 is 5.97 Å². The van der Waals surface area contributed by atoms with Crippen molar-refractivity contribution in [3.8, 4) is 0 Å². The third kappa shape index (κ3) is 2.55. The zero-order valence-corrected chi connectivity index (χ0v) is 9.23. The van der Waals surface area contributed by atoms with Crippen LogP contribution in [0.15, 0.2) is 24.4 Å². The molecule has 1 aromatic rings. The lowest BCUT2D eigenvalue weighted by molar-refractivity contribution is -0.138. The van der Waals surface area contributed by atoms with Crippen molar-refractivity contribution in [3.63, 3.8) is 0 Å². The lowest BCUT2D eigenvalue weighted by atomic mass is 9.76. The van der Waals surface area contributed by atoms with Gasteiger partial charge in [-0.05, 0) is 25.0 Å². The van der Waals surface area contributed by atoms with Gasteiger partial charge in [0.25, 0.3) is 0 Å². The topological polar surface area (TPSA) is 50.2 Å². The van der Waals surface area contributed by atoms with Crippen molar-refractivity contribution in [1.82, 2.24) is 4.98 Å². The maximum Gasteiger partial charge on any atom is 0.304 e. The summed E-state index contributed by atoms with van der Waals surface area (Å²) in [6.45, 7) is 4.03. The molecule has 0 amide bonds. The summed E-state index contributed by atoms with van der Waals surface area (Å²) in [6.07, 6.45) is 3.47. The molecule has 0 aliphatic heterocycles. The predicted octanol–water partition coefficient (Wildman–Crippen LogP) is 2.61. The fraction of sp³-hybridized carbons (Fsp3) is 0.500. The van der Waals surface area contributed by atoms with Crippen molar-refractivity contribution in [1.29, 1.82) is 0 Å². The largest absolute Gasteiger partial charge is 0.481 e. The minimum Gasteiger partial charge on any atom is -0.481 e. The average molecular weight is 207 g/mol. The Kier molecular flexibility index (Phi) is 3.83. The molecule has 15 heavy (non-hydrogen) atoms. The second-order valence-corrected chi connectivity index (χ2v) is 3.77. The van der Waals surface area contributed by atoms with Crippen molar-refractivity contribution in [2.24, 2.45) is 0 Å². The molecule has 0 atom stereocenters. The van der Waals surface area contributed by atoms with Gasteiger partial charge in [0.15, 0.2) is 0 Å². The highest BCUT2D eigenvalue weighted by Crippen LogP contribution is 2.33. The molecular formula is C12H17NO2. The molecule has 1 heterocycles. The maximum atomic E-state index is 10.9. The third-order valence-corrected chi connectivity index (χ3v) is 3.05. The standard InChI is InChI=1S/C12H17NO2/c1-3-12(4-2,9-11(14)15)10-7-5-6-8-13-10/h5-8H,3-4,9H2,1-2H3,(H,14,15). The Morgan fingerprint density at radius 1 is 1.40 bits per heavy atom. The highest BCUT2D eigenvalue weighted by Gasteiger charge is 2.32. The summed E-state index contributed by atoms with van der Waals surface area (Å²) in [7, 11) is 0. The van der Waals surface area contributed by atoms with Gasteiger partial charge in [0.05, 0.1) is 6.42 Å². The summed E-state index contributed by atoms with van der Waals surface area (Å²) in [5.74, 6) is -0.760. The number of rotatable bonds is 5. The number of carboxylic acids is 1. The molecule has 1 N–H and O–H groups in total. The highest BCUT2D eigenvalue weighted by atomic mass is 16.4. The van der Waals surface area contributed by atoms with Gasteiger partial charge in [-0.3, -0.25) is 9.78 Å². The molecule has 0 aliphatic rings. The summed E-state index contributed by atoms with van der Waals surface area (Å²) < 4.78 is 0. The number of hydrogen-bond donors (Lipinski definition) is 1. The number of aliphatic carboxylic acids is 1. The molecule has 1 rings (SSSR count). The zero-order valence-electron chi connectivity index (χ0n) is 9.23. The van der Waals surface area contributed by atoms with E-state index in [-0.39, 0.29) is 11.8 Å². The minimum atomic E-state index is -0.760. The second-order valence-electron chi connectivity index (χ2n) is 3.77. The summed E-state index contributed by atoms with van der Waals surface area (Å²) in [5, 5.41) is 8.94. The zero-order chi connectivity index (χ0) is 11.3. The van der Waals surface area contributed by atoms with Gasteiger partial charge in [0.1, 0.15) is 0 Å². The van der Waals surface area contributed by atoms with E-state index >= 15 is 0 Å². The smallest absolute Gasteiger partial charge is 0.304 e. The fourth-order valence-corrected chi connectivity index (χ4v) is 1.92. The van der Waals surface area contributed by atoms with Crippen molar-refractivity contribution < 1.29 is 9.90 Å². The molecule has 82 valence electrons. The van der Waals surface area contributed by atoms with E-state index in [1.54, 1.807) is 6.20 Å². The Hall–Kier alpha value is -1.38. The van der Waals surface area contributed by atoms with Crippen LogP contribution in [-0.2, 0) is 10.2 Å². The van der Waals surface area contributed by atoms with Crippen molar-refractivity contribution >= 4 is 5.97 Å². The Bertz CT molecular complexity index is 318. The molecule has 0 fully saturated rings. The number of hydrogen-bond acceptors (Lipinski definition) is 2. The SMILES string of the molecule is CCC(CC)(CC(=O)O)c1ccccn1. The number of pyridine rings is 1. The lowest BCUT2D eigenvalue weighted by Gasteiger charge is -2.29. The van der Waals surface area contributed by atoms with Crippen LogP contribution in [0.5, 0.6) is 0 Å². The van der Waals surface area contributed by atoms with Crippen LogP contribution in [0.4, 0.5) is 0 Å². The van der Waals surface area contributed by atoms with Gasteiger partial charge in [0.2, 0.25) is 0 Å². The average Bonchev–Trinajstić information content (AvgIpc) is 2.27. The molecule has 0 aromatic carbocycles. The molecule has 0 spiro atoms. The van der Waals surface area contributed by atoms with Gasteiger partial charge in [-0.2, -0.15) is 0 Å². The van der Waals surface area contributed by atoms with Gasteiger partial charge >= 0.3 is 5.97 Å². The lowest BCUT2D eigenvalue weighted by Crippen LogP contribution is -2.29. The van der Waals surface area contributed by atoms with Crippen LogP contribution in [0.3, 0.4) is 0 Å². The molecule has 0 aliphatic carbocycles. The van der Waals surface area contributed by atoms with Crippen molar-refractivity contribution in [3.05, 3.63) is 30.1 Å². The Morgan fingerprint density at radius 3 is 2.47 bits per heavy atom. The first-order chi connectivity index (χ1) is 7.14. The Balaban J connectivity index is 3.05. The van der Waals surface area contributed by atoms with E-state index in [4.69, 9.17) is 5.11 Å². The summed E-state index contributed by atoms with van der Waals surface area (Å²) in [4.78, 5) is 15.2. The fourth-order valence-electron chi connectivity index (χ4n) is 1.92. The Labute approximate surface area is 90.2 Å². The number of nitrogens with zero attached hydrogens (tertiary/aromatic N) is 1. The van der Waals surface area contributed by atoms with E-state index in [0.29, 0.717) is 0 Å². The van der Waals surface area contributed by atoms with E-state index in [9.17, 15) is 4.79 Å². The number of carbonyl (C=O) groups is 1. The van der Waals surface area contributed by atoms with Crippen LogP contribution in [0, 0.1) is 0 Å². The first kappa shape index (κ1) is 11.7. The summed E-state index contributed by atoms with van der Waals surface area (Å²) in [6, 6.07) is 5.67. The third-order valence-electron chi connectivity index (χ3n) is 3.05. The maximum absolute atomic E-state index is 10.9. The van der Waals surface area contributed by atoms with Crippen LogP contribution < -0.4 is 0 Å². The summed E-state index contributed by atoms with van der Waals surface area (Å²) >= 11 is 0. The van der Waals surface area contributed by atoms with E-state index in [0.717, 1.165) is 18.5 Å². The molecular weight excluding hydrogens is 190 g/mol. The molecule has 3 heteroatoms. The predicted molar refractivity (Wildman–Crippen MR) is 58.7 cm³/mol. The molecule has 0 saturated carbocycles. The van der Waals surface area contributed by atoms with Crippen LogP contribution in [-0.4, -0.2) is 16.1 Å².